The van der Waals surface area contributed by atoms with Gasteiger partial charge >= 0.3 is 12.6 Å². The molecule has 140 valence electrons. The number of benzene rings is 1. The van der Waals surface area contributed by atoms with Crippen LogP contribution in [-0.4, -0.2) is 28.6 Å². The zero-order valence-corrected chi connectivity index (χ0v) is 15.0. The van der Waals surface area contributed by atoms with E-state index in [0.29, 0.717) is 17.1 Å². The van der Waals surface area contributed by atoms with E-state index in [2.05, 4.69) is 15.0 Å². The number of thiazole rings is 1. The van der Waals surface area contributed by atoms with Crippen LogP contribution < -0.4 is 10.1 Å². The standard InChI is InChI=1S/C17H18F2N2O4S/c1-9-14(16(23)24)26-15(21-9)10(2)20-13(22)8-5-11-3-6-12(7-4-11)25-17(18)19/h3-4,6-7,10,17H,5,8H2,1-2H3,(H,20,22)(H,23,24). The zero-order valence-electron chi connectivity index (χ0n) is 14.2. The summed E-state index contributed by atoms with van der Waals surface area (Å²) in [6, 6.07) is 5.69. The van der Waals surface area contributed by atoms with E-state index in [9.17, 15) is 18.4 Å². The van der Waals surface area contributed by atoms with Gasteiger partial charge in [-0.3, -0.25) is 4.79 Å². The van der Waals surface area contributed by atoms with Crippen molar-refractivity contribution in [1.82, 2.24) is 10.3 Å². The molecule has 0 fully saturated rings. The SMILES string of the molecule is Cc1nc(C(C)NC(=O)CCc2ccc(OC(F)F)cc2)sc1C(=O)O. The van der Waals surface area contributed by atoms with Crippen molar-refractivity contribution in [3.63, 3.8) is 0 Å². The number of carbonyl (C=O) groups is 2. The van der Waals surface area contributed by atoms with Gasteiger partial charge in [0.25, 0.3) is 0 Å². The maximum atomic E-state index is 12.1. The number of rotatable bonds is 8. The van der Waals surface area contributed by atoms with E-state index in [-0.39, 0.29) is 23.0 Å². The van der Waals surface area contributed by atoms with E-state index in [1.807, 2.05) is 0 Å². The molecule has 0 aliphatic carbocycles. The molecule has 2 rings (SSSR count). The molecule has 6 nitrogen and oxygen atoms in total. The zero-order chi connectivity index (χ0) is 19.3. The molecule has 1 aromatic heterocycles. The number of aryl methyl sites for hydroxylation is 2. The van der Waals surface area contributed by atoms with Crippen molar-refractivity contribution in [2.75, 3.05) is 0 Å². The quantitative estimate of drug-likeness (QED) is 0.726. The Morgan fingerprint density at radius 2 is 1.96 bits per heavy atom. The predicted octanol–water partition coefficient (Wildman–Crippen LogP) is 3.56. The molecule has 2 aromatic rings. The lowest BCUT2D eigenvalue weighted by molar-refractivity contribution is -0.121. The summed E-state index contributed by atoms with van der Waals surface area (Å²) in [7, 11) is 0. The number of hydrogen-bond donors (Lipinski definition) is 2. The van der Waals surface area contributed by atoms with Gasteiger partial charge in [-0.1, -0.05) is 12.1 Å². The van der Waals surface area contributed by atoms with E-state index < -0.39 is 18.6 Å². The van der Waals surface area contributed by atoms with Crippen LogP contribution in [-0.2, 0) is 11.2 Å². The topological polar surface area (TPSA) is 88.5 Å². The van der Waals surface area contributed by atoms with Gasteiger partial charge < -0.3 is 15.2 Å². The largest absolute Gasteiger partial charge is 0.477 e. The van der Waals surface area contributed by atoms with Crippen LogP contribution in [0.1, 0.15) is 45.3 Å². The first-order valence-corrected chi connectivity index (χ1v) is 8.61. The second-order valence-corrected chi connectivity index (χ2v) is 6.61. The molecule has 0 radical (unpaired) electrons. The summed E-state index contributed by atoms with van der Waals surface area (Å²) >= 11 is 1.04. The smallest absolute Gasteiger partial charge is 0.387 e. The van der Waals surface area contributed by atoms with E-state index >= 15 is 0 Å². The summed E-state index contributed by atoms with van der Waals surface area (Å²) in [5.74, 6) is -1.19. The van der Waals surface area contributed by atoms with Crippen molar-refractivity contribution in [1.29, 1.82) is 0 Å². The minimum absolute atomic E-state index is 0.0650. The third-order valence-electron chi connectivity index (χ3n) is 3.54. The summed E-state index contributed by atoms with van der Waals surface area (Å²) in [6.45, 7) is 0.474. The highest BCUT2D eigenvalue weighted by Crippen LogP contribution is 2.23. The van der Waals surface area contributed by atoms with Crippen molar-refractivity contribution < 1.29 is 28.2 Å². The van der Waals surface area contributed by atoms with Crippen molar-refractivity contribution in [3.05, 3.63) is 45.4 Å². The molecule has 1 unspecified atom stereocenters. The molecule has 0 bridgehead atoms. The number of halogens is 2. The Hall–Kier alpha value is -2.55. The van der Waals surface area contributed by atoms with Gasteiger partial charge in [0.05, 0.1) is 11.7 Å². The lowest BCUT2D eigenvalue weighted by Gasteiger charge is -2.11. The first-order valence-electron chi connectivity index (χ1n) is 7.80. The average molecular weight is 384 g/mol. The van der Waals surface area contributed by atoms with Gasteiger partial charge in [0.1, 0.15) is 15.6 Å². The van der Waals surface area contributed by atoms with Gasteiger partial charge in [-0.2, -0.15) is 8.78 Å². The van der Waals surface area contributed by atoms with Crippen LogP contribution in [0.25, 0.3) is 0 Å². The summed E-state index contributed by atoms with van der Waals surface area (Å²) < 4.78 is 28.5. The molecule has 26 heavy (non-hydrogen) atoms. The third-order valence-corrected chi connectivity index (χ3v) is 4.87. The third kappa shape index (κ3) is 5.48. The number of nitrogens with one attached hydrogen (secondary N) is 1. The molecule has 1 aromatic carbocycles. The van der Waals surface area contributed by atoms with E-state index in [1.54, 1.807) is 26.0 Å². The molecular weight excluding hydrogens is 366 g/mol. The van der Waals surface area contributed by atoms with Crippen molar-refractivity contribution in [2.24, 2.45) is 0 Å². The van der Waals surface area contributed by atoms with E-state index in [1.165, 1.54) is 12.1 Å². The number of amides is 1. The second kappa shape index (κ2) is 8.70. The molecule has 2 N–H and O–H groups in total. The highest BCUT2D eigenvalue weighted by atomic mass is 32.1. The van der Waals surface area contributed by atoms with Crippen LogP contribution in [0.15, 0.2) is 24.3 Å². The Kier molecular flexibility index (Phi) is 6.62. The molecule has 0 aliphatic rings. The van der Waals surface area contributed by atoms with Crippen LogP contribution in [0.2, 0.25) is 0 Å². The van der Waals surface area contributed by atoms with Crippen LogP contribution in [0.4, 0.5) is 8.78 Å². The van der Waals surface area contributed by atoms with E-state index in [4.69, 9.17) is 5.11 Å². The Morgan fingerprint density at radius 1 is 1.31 bits per heavy atom. The van der Waals surface area contributed by atoms with Gasteiger partial charge in [-0.15, -0.1) is 11.3 Å². The molecule has 0 aliphatic heterocycles. The molecule has 0 spiro atoms. The Morgan fingerprint density at radius 3 is 2.50 bits per heavy atom. The average Bonchev–Trinajstić information content (AvgIpc) is 2.96. The minimum Gasteiger partial charge on any atom is -0.477 e. The van der Waals surface area contributed by atoms with Gasteiger partial charge in [0.2, 0.25) is 5.91 Å². The maximum Gasteiger partial charge on any atom is 0.387 e. The van der Waals surface area contributed by atoms with Crippen LogP contribution >= 0.6 is 11.3 Å². The van der Waals surface area contributed by atoms with Crippen LogP contribution in [0, 0.1) is 6.92 Å². The minimum atomic E-state index is -2.87. The second-order valence-electron chi connectivity index (χ2n) is 5.58. The summed E-state index contributed by atoms with van der Waals surface area (Å²) in [5, 5.41) is 12.4. The fourth-order valence-corrected chi connectivity index (χ4v) is 3.18. The van der Waals surface area contributed by atoms with Gasteiger partial charge in [-0.05, 0) is 38.0 Å². The first kappa shape index (κ1) is 19.8. The van der Waals surface area contributed by atoms with Gasteiger partial charge in [-0.25, -0.2) is 9.78 Å². The number of aromatic carboxylic acids is 1. The molecule has 1 heterocycles. The lowest BCUT2D eigenvalue weighted by atomic mass is 10.1. The Bertz CT molecular complexity index is 778. The fourth-order valence-electron chi connectivity index (χ4n) is 2.27. The molecule has 0 saturated heterocycles. The number of aromatic nitrogens is 1. The summed E-state index contributed by atoms with van der Waals surface area (Å²) in [6.07, 6.45) is 0.639. The fraction of sp³-hybridized carbons (Fsp3) is 0.353. The number of carbonyl (C=O) groups excluding carboxylic acids is 1. The number of carboxylic acids is 1. The van der Waals surface area contributed by atoms with Gasteiger partial charge in [0, 0.05) is 6.42 Å². The predicted molar refractivity (Wildman–Crippen MR) is 91.8 cm³/mol. The van der Waals surface area contributed by atoms with Crippen molar-refractivity contribution in [3.8, 4) is 5.75 Å². The lowest BCUT2D eigenvalue weighted by Crippen LogP contribution is -2.26. The molecule has 0 saturated carbocycles. The highest BCUT2D eigenvalue weighted by Gasteiger charge is 2.19. The molecule has 1 atom stereocenters. The van der Waals surface area contributed by atoms with Crippen molar-refractivity contribution >= 4 is 23.2 Å². The summed E-state index contributed by atoms with van der Waals surface area (Å²) in [5.41, 5.74) is 1.23. The van der Waals surface area contributed by atoms with Crippen molar-refractivity contribution in [2.45, 2.75) is 39.3 Å². The first-order chi connectivity index (χ1) is 12.3. The summed E-state index contributed by atoms with van der Waals surface area (Å²) in [4.78, 5) is 27.5. The van der Waals surface area contributed by atoms with E-state index in [0.717, 1.165) is 16.9 Å². The van der Waals surface area contributed by atoms with Crippen LogP contribution in [0.5, 0.6) is 5.75 Å². The highest BCUT2D eigenvalue weighted by molar-refractivity contribution is 7.13. The number of carboxylic acid groups (broad SMARTS) is 1. The maximum absolute atomic E-state index is 12.1. The van der Waals surface area contributed by atoms with Crippen LogP contribution in [0.3, 0.4) is 0 Å². The Balaban J connectivity index is 1.86. The number of nitrogens with zero attached hydrogens (tertiary/aromatic N) is 1. The molecular formula is C17H18F2N2O4S. The number of alkyl halides is 2. The normalized spacial score (nSPS) is 12.0. The molecule has 1 amide bonds. The Labute approximate surface area is 152 Å². The van der Waals surface area contributed by atoms with Gasteiger partial charge in [0.15, 0.2) is 0 Å². The number of hydrogen-bond acceptors (Lipinski definition) is 5. The number of ether oxygens (including phenoxy) is 1. The molecule has 9 heteroatoms. The monoisotopic (exact) mass is 384 g/mol.